The van der Waals surface area contributed by atoms with Crippen molar-refractivity contribution < 1.29 is 28.2 Å². The molecule has 0 bridgehead atoms. The molecule has 0 aliphatic carbocycles. The Morgan fingerprint density at radius 2 is 2.13 bits per heavy atom. The normalized spacial score (nSPS) is 23.9. The van der Waals surface area contributed by atoms with Crippen LogP contribution in [0.5, 0.6) is 5.75 Å². The number of carboxylic acid groups (broad SMARTS) is 1. The fourth-order valence-corrected chi connectivity index (χ4v) is 3.85. The molecule has 0 radical (unpaired) electrons. The van der Waals surface area contributed by atoms with Crippen molar-refractivity contribution in [3.05, 3.63) is 23.8 Å². The van der Waals surface area contributed by atoms with Crippen molar-refractivity contribution in [1.82, 2.24) is 0 Å². The zero-order valence-corrected chi connectivity index (χ0v) is 13.1. The summed E-state index contributed by atoms with van der Waals surface area (Å²) >= 11 is 0. The highest BCUT2D eigenvalue weighted by Gasteiger charge is 2.35. The number of carbonyl (C=O) groups is 1. The number of rotatable bonds is 2. The number of piperidine rings is 1. The fourth-order valence-electron chi connectivity index (χ4n) is 3.13. The molecule has 1 aromatic carbocycles. The second kappa shape index (κ2) is 6.21. The van der Waals surface area contributed by atoms with Crippen LogP contribution in [0, 0.1) is 0 Å². The number of aliphatic hydroxyl groups excluding tert-OH is 1. The Morgan fingerprint density at radius 3 is 2.83 bits per heavy atom. The van der Waals surface area contributed by atoms with Crippen LogP contribution in [0.2, 0.25) is 0 Å². The SMILES string of the molecule is O=C(O)C1C(=S(=O)=O)CCCN1c1ccc2c(c1)CC(O)CO2. The molecule has 2 N–H and O–H groups in total. The molecule has 124 valence electrons. The molecule has 3 rings (SSSR count). The second-order valence-corrected chi connectivity index (χ2v) is 6.69. The molecule has 2 aliphatic rings. The van der Waals surface area contributed by atoms with Gasteiger partial charge in [0.1, 0.15) is 12.4 Å². The third-order valence-corrected chi connectivity index (χ3v) is 5.00. The molecule has 1 fully saturated rings. The molecule has 0 saturated carbocycles. The summed E-state index contributed by atoms with van der Waals surface area (Å²) in [5.41, 5.74) is 1.41. The smallest absolute Gasteiger partial charge is 0.331 e. The minimum atomic E-state index is -2.53. The van der Waals surface area contributed by atoms with Crippen molar-refractivity contribution in [2.45, 2.75) is 31.4 Å². The number of aliphatic hydroxyl groups is 1. The van der Waals surface area contributed by atoms with Gasteiger partial charge in [-0.15, -0.1) is 0 Å². The van der Waals surface area contributed by atoms with Crippen LogP contribution >= 0.6 is 0 Å². The average Bonchev–Trinajstić information content (AvgIpc) is 2.53. The first-order chi connectivity index (χ1) is 11.0. The summed E-state index contributed by atoms with van der Waals surface area (Å²) in [6.07, 6.45) is 0.670. The zero-order valence-electron chi connectivity index (χ0n) is 12.3. The molecular weight excluding hydrogens is 322 g/mol. The topological polar surface area (TPSA) is 104 Å². The number of ether oxygens (including phenoxy) is 1. The standard InChI is InChI=1S/C15H17NO6S/c17-11-7-9-6-10(3-4-12(9)22-8-11)16-5-1-2-13(23(20)21)14(16)15(18)19/h3-4,6,11,14,17H,1-2,5,7-8H2,(H,18,19). The summed E-state index contributed by atoms with van der Waals surface area (Å²) in [5.74, 6) is -0.516. The van der Waals surface area contributed by atoms with Crippen LogP contribution in [0.3, 0.4) is 0 Å². The number of fused-ring (bicyclic) bond motifs is 1. The van der Waals surface area contributed by atoms with Gasteiger partial charge in [-0.3, -0.25) is 0 Å². The van der Waals surface area contributed by atoms with Gasteiger partial charge in [0.2, 0.25) is 10.3 Å². The second-order valence-electron chi connectivity index (χ2n) is 5.70. The highest BCUT2D eigenvalue weighted by Crippen LogP contribution is 2.31. The van der Waals surface area contributed by atoms with Gasteiger partial charge in [0.25, 0.3) is 0 Å². The Bertz CT molecular complexity index is 764. The lowest BCUT2D eigenvalue weighted by atomic mass is 9.98. The molecule has 2 heterocycles. The van der Waals surface area contributed by atoms with E-state index in [0.717, 1.165) is 5.56 Å². The highest BCUT2D eigenvalue weighted by atomic mass is 32.2. The van der Waals surface area contributed by atoms with Gasteiger partial charge in [-0.1, -0.05) is 0 Å². The Labute approximate surface area is 134 Å². The van der Waals surface area contributed by atoms with Crippen LogP contribution in [0.15, 0.2) is 18.2 Å². The van der Waals surface area contributed by atoms with Gasteiger partial charge in [-0.25, -0.2) is 4.79 Å². The molecule has 2 aliphatic heterocycles. The number of hydrogen-bond acceptors (Lipinski definition) is 6. The van der Waals surface area contributed by atoms with Crippen molar-refractivity contribution in [3.63, 3.8) is 0 Å². The minimum absolute atomic E-state index is 0.00208. The molecule has 23 heavy (non-hydrogen) atoms. The fraction of sp³-hybridized carbons (Fsp3) is 0.467. The molecule has 7 nitrogen and oxygen atoms in total. The van der Waals surface area contributed by atoms with Crippen LogP contribution in [-0.2, 0) is 21.5 Å². The third kappa shape index (κ3) is 3.04. The van der Waals surface area contributed by atoms with Gasteiger partial charge >= 0.3 is 5.97 Å². The van der Waals surface area contributed by atoms with Gasteiger partial charge in [0.15, 0.2) is 6.04 Å². The number of carboxylic acids is 1. The van der Waals surface area contributed by atoms with Gasteiger partial charge in [0.05, 0.1) is 11.0 Å². The van der Waals surface area contributed by atoms with Crippen molar-refractivity contribution in [2.75, 3.05) is 18.1 Å². The maximum atomic E-state index is 11.6. The number of aliphatic carboxylic acids is 1. The first-order valence-corrected chi connectivity index (χ1v) is 8.43. The van der Waals surface area contributed by atoms with Crippen LogP contribution in [0.25, 0.3) is 0 Å². The molecule has 1 aromatic rings. The molecule has 0 aromatic heterocycles. The predicted molar refractivity (Wildman–Crippen MR) is 83.6 cm³/mol. The van der Waals surface area contributed by atoms with Gasteiger partial charge in [0, 0.05) is 18.7 Å². The first-order valence-electron chi connectivity index (χ1n) is 7.35. The van der Waals surface area contributed by atoms with Gasteiger partial charge in [-0.05, 0) is 36.6 Å². The van der Waals surface area contributed by atoms with Gasteiger partial charge in [-0.2, -0.15) is 8.42 Å². The highest BCUT2D eigenvalue weighted by molar-refractivity contribution is 7.73. The predicted octanol–water partition coefficient (Wildman–Crippen LogP) is 0.0873. The van der Waals surface area contributed by atoms with E-state index in [1.807, 2.05) is 0 Å². The maximum absolute atomic E-state index is 11.6. The molecular formula is C15H17NO6S. The quantitative estimate of drug-likeness (QED) is 0.736. The lowest BCUT2D eigenvalue weighted by Crippen LogP contribution is -2.51. The zero-order chi connectivity index (χ0) is 16.6. The van der Waals surface area contributed by atoms with E-state index in [2.05, 4.69) is 0 Å². The number of anilines is 1. The molecule has 2 unspecified atom stereocenters. The third-order valence-electron chi connectivity index (χ3n) is 4.15. The van der Waals surface area contributed by atoms with E-state index >= 15 is 0 Å². The van der Waals surface area contributed by atoms with Crippen LogP contribution in [0.4, 0.5) is 5.69 Å². The van der Waals surface area contributed by atoms with E-state index < -0.39 is 28.4 Å². The summed E-state index contributed by atoms with van der Waals surface area (Å²) < 4.78 is 28.1. The Morgan fingerprint density at radius 1 is 1.35 bits per heavy atom. The Hall–Kier alpha value is -2.06. The molecule has 0 spiro atoms. The lowest BCUT2D eigenvalue weighted by Gasteiger charge is -2.35. The molecule has 8 heteroatoms. The van der Waals surface area contributed by atoms with E-state index in [1.165, 1.54) is 0 Å². The number of benzene rings is 1. The summed E-state index contributed by atoms with van der Waals surface area (Å²) in [6.45, 7) is 0.695. The number of hydrogen-bond donors (Lipinski definition) is 2. The lowest BCUT2D eigenvalue weighted by molar-refractivity contribution is -0.137. The Kier molecular flexibility index (Phi) is 4.27. The van der Waals surface area contributed by atoms with E-state index in [9.17, 15) is 23.4 Å². The average molecular weight is 339 g/mol. The van der Waals surface area contributed by atoms with Crippen molar-refractivity contribution in [2.24, 2.45) is 0 Å². The molecule has 2 atom stereocenters. The van der Waals surface area contributed by atoms with Crippen molar-refractivity contribution >= 4 is 26.8 Å². The largest absolute Gasteiger partial charge is 0.491 e. The maximum Gasteiger partial charge on any atom is 0.331 e. The van der Waals surface area contributed by atoms with E-state index in [1.54, 1.807) is 23.1 Å². The molecule has 1 saturated heterocycles. The van der Waals surface area contributed by atoms with Crippen molar-refractivity contribution in [3.8, 4) is 5.75 Å². The van der Waals surface area contributed by atoms with E-state index in [0.29, 0.717) is 30.8 Å². The summed E-state index contributed by atoms with van der Waals surface area (Å²) in [7, 11) is -2.53. The molecule has 0 amide bonds. The van der Waals surface area contributed by atoms with Crippen LogP contribution < -0.4 is 9.64 Å². The summed E-state index contributed by atoms with van der Waals surface area (Å²) in [5, 5.41) is 19.2. The van der Waals surface area contributed by atoms with Crippen molar-refractivity contribution in [1.29, 1.82) is 0 Å². The van der Waals surface area contributed by atoms with E-state index in [-0.39, 0.29) is 17.9 Å². The minimum Gasteiger partial charge on any atom is -0.491 e. The summed E-state index contributed by atoms with van der Waals surface area (Å²) in [6, 6.07) is 4.04. The number of nitrogens with zero attached hydrogens (tertiary/aromatic N) is 1. The Balaban J connectivity index is 2.01. The van der Waals surface area contributed by atoms with Crippen LogP contribution in [-0.4, -0.2) is 54.8 Å². The van der Waals surface area contributed by atoms with Gasteiger partial charge < -0.3 is 19.8 Å². The van der Waals surface area contributed by atoms with Crippen LogP contribution in [0.1, 0.15) is 18.4 Å². The summed E-state index contributed by atoms with van der Waals surface area (Å²) in [4.78, 5) is 13.2. The first kappa shape index (κ1) is 15.8. The monoisotopic (exact) mass is 339 g/mol. The van der Waals surface area contributed by atoms with E-state index in [4.69, 9.17) is 4.74 Å².